The quantitative estimate of drug-likeness (QED) is 0.681. The van der Waals surface area contributed by atoms with Crippen molar-refractivity contribution in [3.63, 3.8) is 0 Å². The topological polar surface area (TPSA) is 45.2 Å². The number of hydrogen-bond acceptors (Lipinski definition) is 4. The molecule has 0 atom stereocenters. The Morgan fingerprint density at radius 3 is 2.52 bits per heavy atom. The fraction of sp³-hybridized carbons (Fsp3) is 0.238. The SMILES string of the molecule is CCN1CCc2nc(NC(=O)c3ccc(-c4ccccc4)cc3)sc2C1.Cl. The number of fused-ring (bicyclic) bond motifs is 1. The molecule has 1 amide bonds. The molecule has 4 nitrogen and oxygen atoms in total. The lowest BCUT2D eigenvalue weighted by atomic mass is 10.0. The second-order valence-electron chi connectivity index (χ2n) is 6.41. The van der Waals surface area contributed by atoms with Crippen LogP contribution in [-0.2, 0) is 13.0 Å². The molecule has 1 aromatic heterocycles. The second kappa shape index (κ2) is 8.65. The van der Waals surface area contributed by atoms with E-state index in [1.54, 1.807) is 11.3 Å². The average Bonchev–Trinajstić information content (AvgIpc) is 3.10. The van der Waals surface area contributed by atoms with Crippen LogP contribution in [0.1, 0.15) is 27.9 Å². The van der Waals surface area contributed by atoms with Gasteiger partial charge in [-0.15, -0.1) is 23.7 Å². The van der Waals surface area contributed by atoms with Crippen molar-refractivity contribution < 1.29 is 4.79 Å². The number of rotatable bonds is 4. The third-order valence-electron chi connectivity index (χ3n) is 4.73. The molecule has 1 aliphatic rings. The lowest BCUT2D eigenvalue weighted by Crippen LogP contribution is -2.29. The predicted octanol–water partition coefficient (Wildman–Crippen LogP) is 4.86. The number of aromatic nitrogens is 1. The van der Waals surface area contributed by atoms with Gasteiger partial charge in [-0.05, 0) is 29.8 Å². The Morgan fingerprint density at radius 1 is 1.11 bits per heavy atom. The summed E-state index contributed by atoms with van der Waals surface area (Å²) in [7, 11) is 0. The molecule has 0 bridgehead atoms. The van der Waals surface area contributed by atoms with E-state index >= 15 is 0 Å². The minimum atomic E-state index is -0.108. The molecule has 4 rings (SSSR count). The summed E-state index contributed by atoms with van der Waals surface area (Å²) in [5.41, 5.74) is 4.03. The van der Waals surface area contributed by atoms with Crippen LogP contribution in [0.15, 0.2) is 54.6 Å². The van der Waals surface area contributed by atoms with Crippen LogP contribution in [0.2, 0.25) is 0 Å². The van der Waals surface area contributed by atoms with Crippen molar-refractivity contribution in [2.75, 3.05) is 18.4 Å². The number of amides is 1. The molecule has 0 aliphatic carbocycles. The van der Waals surface area contributed by atoms with Gasteiger partial charge in [-0.25, -0.2) is 4.98 Å². The molecule has 1 N–H and O–H groups in total. The van der Waals surface area contributed by atoms with E-state index in [0.717, 1.165) is 42.9 Å². The van der Waals surface area contributed by atoms with Gasteiger partial charge < -0.3 is 0 Å². The highest BCUT2D eigenvalue weighted by atomic mass is 35.5. The number of carbonyl (C=O) groups is 1. The average molecular weight is 400 g/mol. The highest BCUT2D eigenvalue weighted by Crippen LogP contribution is 2.28. The highest BCUT2D eigenvalue weighted by molar-refractivity contribution is 7.15. The molecule has 140 valence electrons. The molecular formula is C21H22ClN3OS. The summed E-state index contributed by atoms with van der Waals surface area (Å²) in [6, 6.07) is 17.8. The fourth-order valence-electron chi connectivity index (χ4n) is 3.19. The zero-order valence-electron chi connectivity index (χ0n) is 15.1. The summed E-state index contributed by atoms with van der Waals surface area (Å²) < 4.78 is 0. The molecule has 0 saturated heterocycles. The first-order valence-electron chi connectivity index (χ1n) is 8.90. The number of halogens is 1. The third kappa shape index (κ3) is 4.38. The van der Waals surface area contributed by atoms with E-state index < -0.39 is 0 Å². The summed E-state index contributed by atoms with van der Waals surface area (Å²) in [5.74, 6) is -0.108. The van der Waals surface area contributed by atoms with Crippen molar-refractivity contribution in [1.29, 1.82) is 0 Å². The van der Waals surface area contributed by atoms with Gasteiger partial charge in [0.25, 0.3) is 5.91 Å². The summed E-state index contributed by atoms with van der Waals surface area (Å²) in [6.45, 7) is 5.20. The Hall–Kier alpha value is -2.21. The van der Waals surface area contributed by atoms with Gasteiger partial charge in [0.15, 0.2) is 5.13 Å². The van der Waals surface area contributed by atoms with Crippen LogP contribution in [0, 0.1) is 0 Å². The predicted molar refractivity (Wildman–Crippen MR) is 114 cm³/mol. The largest absolute Gasteiger partial charge is 0.298 e. The van der Waals surface area contributed by atoms with Gasteiger partial charge >= 0.3 is 0 Å². The number of likely N-dealkylation sites (N-methyl/N-ethyl adjacent to an activating group) is 1. The maximum atomic E-state index is 12.5. The van der Waals surface area contributed by atoms with Crippen molar-refractivity contribution >= 4 is 34.8 Å². The van der Waals surface area contributed by atoms with E-state index in [1.165, 1.54) is 4.88 Å². The van der Waals surface area contributed by atoms with E-state index in [2.05, 4.69) is 34.3 Å². The molecule has 0 radical (unpaired) electrons. The Morgan fingerprint density at radius 2 is 1.81 bits per heavy atom. The maximum absolute atomic E-state index is 12.5. The first-order valence-corrected chi connectivity index (χ1v) is 9.72. The zero-order chi connectivity index (χ0) is 17.9. The Kier molecular flexibility index (Phi) is 6.26. The van der Waals surface area contributed by atoms with Gasteiger partial charge in [0.05, 0.1) is 5.69 Å². The number of nitrogens with one attached hydrogen (secondary N) is 1. The van der Waals surface area contributed by atoms with Crippen molar-refractivity contribution in [1.82, 2.24) is 9.88 Å². The van der Waals surface area contributed by atoms with Gasteiger partial charge in [-0.2, -0.15) is 0 Å². The molecular weight excluding hydrogens is 378 g/mol. The number of nitrogens with zero attached hydrogens (tertiary/aromatic N) is 2. The Balaban J connectivity index is 0.00000210. The van der Waals surface area contributed by atoms with E-state index in [-0.39, 0.29) is 18.3 Å². The van der Waals surface area contributed by atoms with E-state index in [1.807, 2.05) is 42.5 Å². The summed E-state index contributed by atoms with van der Waals surface area (Å²) in [4.78, 5) is 20.8. The van der Waals surface area contributed by atoms with Crippen LogP contribution < -0.4 is 5.32 Å². The molecule has 6 heteroatoms. The summed E-state index contributed by atoms with van der Waals surface area (Å²) in [5, 5.41) is 3.66. The molecule has 2 heterocycles. The number of benzene rings is 2. The van der Waals surface area contributed by atoms with E-state index in [9.17, 15) is 4.79 Å². The van der Waals surface area contributed by atoms with Crippen LogP contribution in [0.4, 0.5) is 5.13 Å². The van der Waals surface area contributed by atoms with E-state index in [4.69, 9.17) is 0 Å². The maximum Gasteiger partial charge on any atom is 0.257 e. The minimum Gasteiger partial charge on any atom is -0.298 e. The molecule has 0 fully saturated rings. The van der Waals surface area contributed by atoms with Crippen molar-refractivity contribution in [3.8, 4) is 11.1 Å². The number of hydrogen-bond donors (Lipinski definition) is 1. The highest BCUT2D eigenvalue weighted by Gasteiger charge is 2.20. The summed E-state index contributed by atoms with van der Waals surface area (Å²) in [6.07, 6.45) is 0.960. The molecule has 2 aromatic carbocycles. The smallest absolute Gasteiger partial charge is 0.257 e. The molecule has 27 heavy (non-hydrogen) atoms. The number of carbonyl (C=O) groups excluding carboxylic acids is 1. The van der Waals surface area contributed by atoms with E-state index in [0.29, 0.717) is 10.7 Å². The van der Waals surface area contributed by atoms with Crippen LogP contribution in [0.3, 0.4) is 0 Å². The van der Waals surface area contributed by atoms with Gasteiger partial charge in [-0.1, -0.05) is 49.4 Å². The first-order chi connectivity index (χ1) is 12.7. The van der Waals surface area contributed by atoms with Crippen LogP contribution in [0.25, 0.3) is 11.1 Å². The van der Waals surface area contributed by atoms with Gasteiger partial charge in [0, 0.05) is 30.0 Å². The number of anilines is 1. The molecule has 0 spiro atoms. The minimum absolute atomic E-state index is 0. The molecule has 3 aromatic rings. The Bertz CT molecular complexity index is 909. The standard InChI is InChI=1S/C21H21N3OS.ClH/c1-2-24-13-12-18-19(14-24)26-21(22-18)23-20(25)17-10-8-16(9-11-17)15-6-4-3-5-7-15;/h3-11H,2,12-14H2,1H3,(H,22,23,25);1H. The first kappa shape index (κ1) is 19.5. The van der Waals surface area contributed by atoms with Crippen LogP contribution in [-0.4, -0.2) is 28.9 Å². The third-order valence-corrected chi connectivity index (χ3v) is 5.73. The normalized spacial score (nSPS) is 13.5. The fourth-order valence-corrected chi connectivity index (χ4v) is 4.23. The van der Waals surface area contributed by atoms with Crippen molar-refractivity contribution in [2.45, 2.75) is 19.9 Å². The second-order valence-corrected chi connectivity index (χ2v) is 7.49. The number of thiazole rings is 1. The zero-order valence-corrected chi connectivity index (χ0v) is 16.8. The molecule has 0 unspecified atom stereocenters. The van der Waals surface area contributed by atoms with Gasteiger partial charge in [-0.3, -0.25) is 15.0 Å². The Labute approximate surface area is 169 Å². The van der Waals surface area contributed by atoms with Crippen LogP contribution >= 0.6 is 23.7 Å². The monoisotopic (exact) mass is 399 g/mol. The van der Waals surface area contributed by atoms with Gasteiger partial charge in [0.1, 0.15) is 0 Å². The van der Waals surface area contributed by atoms with Gasteiger partial charge in [0.2, 0.25) is 0 Å². The summed E-state index contributed by atoms with van der Waals surface area (Å²) >= 11 is 1.59. The van der Waals surface area contributed by atoms with Crippen molar-refractivity contribution in [3.05, 3.63) is 70.7 Å². The lowest BCUT2D eigenvalue weighted by molar-refractivity contribution is 0.102. The molecule has 1 aliphatic heterocycles. The molecule has 0 saturated carbocycles. The van der Waals surface area contributed by atoms with Crippen LogP contribution in [0.5, 0.6) is 0 Å². The van der Waals surface area contributed by atoms with Crippen molar-refractivity contribution in [2.24, 2.45) is 0 Å². The lowest BCUT2D eigenvalue weighted by Gasteiger charge is -2.23.